The second kappa shape index (κ2) is 5.56. The number of esters is 1. The van der Waals surface area contributed by atoms with Crippen LogP contribution in [0.15, 0.2) is 12.1 Å². The summed E-state index contributed by atoms with van der Waals surface area (Å²) in [6, 6.07) is 2.37. The quantitative estimate of drug-likeness (QED) is 0.629. The maximum absolute atomic E-state index is 13.1. The molecule has 0 fully saturated rings. The zero-order valence-electron chi connectivity index (χ0n) is 9.55. The van der Waals surface area contributed by atoms with Gasteiger partial charge in [-0.1, -0.05) is 0 Å². The van der Waals surface area contributed by atoms with Crippen LogP contribution >= 0.6 is 0 Å². The highest BCUT2D eigenvalue weighted by atomic mass is 19.4. The van der Waals surface area contributed by atoms with Crippen molar-refractivity contribution in [2.45, 2.75) is 13.3 Å². The summed E-state index contributed by atoms with van der Waals surface area (Å²) in [7, 11) is 0. The number of nitrogens with zero attached hydrogens (tertiary/aromatic N) is 1. The summed E-state index contributed by atoms with van der Waals surface area (Å²) in [6.45, 7) is 1.30. The number of alkyl halides is 3. The van der Waals surface area contributed by atoms with Gasteiger partial charge < -0.3 is 9.47 Å². The molecule has 0 aromatic heterocycles. The van der Waals surface area contributed by atoms with E-state index in [4.69, 9.17) is 5.26 Å². The molecule has 0 N–H and O–H groups in total. The number of ether oxygens (including phenoxy) is 2. The summed E-state index contributed by atoms with van der Waals surface area (Å²) < 4.78 is 57.8. The van der Waals surface area contributed by atoms with E-state index in [2.05, 4.69) is 9.47 Å². The van der Waals surface area contributed by atoms with Gasteiger partial charge in [0.15, 0.2) is 5.75 Å². The second-order valence-corrected chi connectivity index (χ2v) is 3.21. The van der Waals surface area contributed by atoms with Crippen molar-refractivity contribution in [3.8, 4) is 11.8 Å². The van der Waals surface area contributed by atoms with Crippen LogP contribution in [0.2, 0.25) is 0 Å². The van der Waals surface area contributed by atoms with Crippen molar-refractivity contribution in [2.75, 3.05) is 6.61 Å². The Labute approximate surface area is 105 Å². The van der Waals surface area contributed by atoms with Gasteiger partial charge >= 0.3 is 12.3 Å². The summed E-state index contributed by atoms with van der Waals surface area (Å²) in [6.07, 6.45) is -5.12. The second-order valence-electron chi connectivity index (χ2n) is 3.21. The zero-order valence-corrected chi connectivity index (χ0v) is 9.55. The molecule has 0 heterocycles. The molecule has 0 bridgehead atoms. The molecule has 0 aliphatic carbocycles. The van der Waals surface area contributed by atoms with Crippen LogP contribution in [0, 0.1) is 17.1 Å². The maximum Gasteiger partial charge on any atom is 0.573 e. The molecule has 0 saturated carbocycles. The lowest BCUT2D eigenvalue weighted by Gasteiger charge is -2.14. The molecule has 0 aliphatic rings. The van der Waals surface area contributed by atoms with Gasteiger partial charge in [0.2, 0.25) is 0 Å². The van der Waals surface area contributed by atoms with E-state index in [0.717, 1.165) is 0 Å². The highest BCUT2D eigenvalue weighted by molar-refractivity contribution is 5.93. The van der Waals surface area contributed by atoms with Crippen molar-refractivity contribution >= 4 is 5.97 Å². The van der Waals surface area contributed by atoms with Gasteiger partial charge in [-0.25, -0.2) is 9.18 Å². The predicted octanol–water partition coefficient (Wildman–Crippen LogP) is 2.77. The minimum atomic E-state index is -5.12. The Kier molecular flexibility index (Phi) is 4.32. The molecular weight excluding hydrogens is 270 g/mol. The first-order valence-electron chi connectivity index (χ1n) is 4.95. The van der Waals surface area contributed by atoms with Crippen molar-refractivity contribution in [2.24, 2.45) is 0 Å². The third kappa shape index (κ3) is 3.84. The van der Waals surface area contributed by atoms with Crippen molar-refractivity contribution in [3.63, 3.8) is 0 Å². The molecule has 1 rings (SSSR count). The van der Waals surface area contributed by atoms with E-state index in [-0.39, 0.29) is 6.61 Å². The van der Waals surface area contributed by atoms with Gasteiger partial charge in [0, 0.05) is 0 Å². The normalized spacial score (nSPS) is 10.7. The van der Waals surface area contributed by atoms with Crippen molar-refractivity contribution < 1.29 is 31.8 Å². The van der Waals surface area contributed by atoms with Gasteiger partial charge in [0.1, 0.15) is 17.4 Å². The highest BCUT2D eigenvalue weighted by Crippen LogP contribution is 2.31. The van der Waals surface area contributed by atoms with Crippen LogP contribution in [0.4, 0.5) is 17.6 Å². The molecule has 1 aromatic rings. The highest BCUT2D eigenvalue weighted by Gasteiger charge is 2.35. The third-order valence-corrected chi connectivity index (χ3v) is 1.89. The molecule has 102 valence electrons. The largest absolute Gasteiger partial charge is 0.573 e. The van der Waals surface area contributed by atoms with Gasteiger partial charge in [0.05, 0.1) is 12.2 Å². The Bertz CT molecular complexity index is 534. The number of benzene rings is 1. The molecule has 1 aromatic carbocycles. The summed E-state index contributed by atoms with van der Waals surface area (Å²) in [5, 5.41) is 8.66. The maximum atomic E-state index is 13.1. The molecule has 0 saturated heterocycles. The molecule has 0 spiro atoms. The zero-order chi connectivity index (χ0) is 14.6. The van der Waals surface area contributed by atoms with Crippen LogP contribution in [-0.4, -0.2) is 18.9 Å². The fourth-order valence-corrected chi connectivity index (χ4v) is 1.26. The average Bonchev–Trinajstić information content (AvgIpc) is 2.29. The molecular formula is C11H7F4NO3. The van der Waals surface area contributed by atoms with Crippen molar-refractivity contribution in [3.05, 3.63) is 29.1 Å². The lowest BCUT2D eigenvalue weighted by Crippen LogP contribution is -2.20. The monoisotopic (exact) mass is 277 g/mol. The number of nitriles is 1. The van der Waals surface area contributed by atoms with E-state index >= 15 is 0 Å². The Balaban J connectivity index is 3.38. The van der Waals surface area contributed by atoms with Crippen LogP contribution in [0.25, 0.3) is 0 Å². The molecule has 19 heavy (non-hydrogen) atoms. The minimum absolute atomic E-state index is 0.122. The van der Waals surface area contributed by atoms with Gasteiger partial charge in [-0.15, -0.1) is 13.2 Å². The molecule has 0 aliphatic heterocycles. The van der Waals surface area contributed by atoms with Gasteiger partial charge in [-0.05, 0) is 19.1 Å². The SMILES string of the molecule is CCOC(=O)c1cc(F)cc(C#N)c1OC(F)(F)F. The Hall–Kier alpha value is -2.30. The van der Waals surface area contributed by atoms with Gasteiger partial charge in [0.25, 0.3) is 0 Å². The van der Waals surface area contributed by atoms with E-state index in [1.54, 1.807) is 0 Å². The topological polar surface area (TPSA) is 59.3 Å². The van der Waals surface area contributed by atoms with E-state index in [0.29, 0.717) is 12.1 Å². The summed E-state index contributed by atoms with van der Waals surface area (Å²) in [5.41, 5.74) is -1.55. The summed E-state index contributed by atoms with van der Waals surface area (Å²) >= 11 is 0. The smallest absolute Gasteiger partial charge is 0.462 e. The van der Waals surface area contributed by atoms with Gasteiger partial charge in [-0.2, -0.15) is 5.26 Å². The Morgan fingerprint density at radius 3 is 2.53 bits per heavy atom. The van der Waals surface area contributed by atoms with Crippen molar-refractivity contribution in [1.29, 1.82) is 5.26 Å². The van der Waals surface area contributed by atoms with E-state index in [1.807, 2.05) is 0 Å². The third-order valence-electron chi connectivity index (χ3n) is 1.89. The molecule has 0 radical (unpaired) electrons. The first kappa shape index (κ1) is 14.8. The van der Waals surface area contributed by atoms with E-state index in [1.165, 1.54) is 13.0 Å². The Morgan fingerprint density at radius 1 is 1.42 bits per heavy atom. The van der Waals surface area contributed by atoms with E-state index in [9.17, 15) is 22.4 Å². The lowest BCUT2D eigenvalue weighted by molar-refractivity contribution is -0.274. The Morgan fingerprint density at radius 2 is 2.05 bits per heavy atom. The van der Waals surface area contributed by atoms with Crippen molar-refractivity contribution in [1.82, 2.24) is 0 Å². The number of carbonyl (C=O) groups is 1. The lowest BCUT2D eigenvalue weighted by atomic mass is 10.1. The number of hydrogen-bond acceptors (Lipinski definition) is 4. The van der Waals surface area contributed by atoms with Crippen LogP contribution in [-0.2, 0) is 4.74 Å². The molecule has 0 unspecified atom stereocenters. The number of rotatable bonds is 3. The standard InChI is InChI=1S/C11H7F4NO3/c1-2-18-10(17)8-4-7(12)3-6(5-16)9(8)19-11(13,14)15/h3-4H,2H2,1H3. The molecule has 4 nitrogen and oxygen atoms in total. The number of halogens is 4. The van der Waals surface area contributed by atoms with E-state index < -0.39 is 35.0 Å². The van der Waals surface area contributed by atoms with Gasteiger partial charge in [-0.3, -0.25) is 0 Å². The van der Waals surface area contributed by atoms with Crippen LogP contribution in [0.1, 0.15) is 22.8 Å². The number of hydrogen-bond donors (Lipinski definition) is 0. The fraction of sp³-hybridized carbons (Fsp3) is 0.273. The van der Waals surface area contributed by atoms with Crippen LogP contribution < -0.4 is 4.74 Å². The number of carbonyl (C=O) groups excluding carboxylic acids is 1. The fourth-order valence-electron chi connectivity index (χ4n) is 1.26. The molecule has 0 atom stereocenters. The average molecular weight is 277 g/mol. The predicted molar refractivity (Wildman–Crippen MR) is 53.8 cm³/mol. The van der Waals surface area contributed by atoms with Crippen LogP contribution in [0.5, 0.6) is 5.75 Å². The van der Waals surface area contributed by atoms with Crippen LogP contribution in [0.3, 0.4) is 0 Å². The summed E-state index contributed by atoms with van der Waals surface area (Å²) in [5.74, 6) is -3.33. The first-order valence-corrected chi connectivity index (χ1v) is 4.95. The first-order chi connectivity index (χ1) is 8.78. The molecule has 0 amide bonds. The molecule has 8 heteroatoms. The summed E-state index contributed by atoms with van der Waals surface area (Å²) in [4.78, 5) is 11.4. The minimum Gasteiger partial charge on any atom is -0.462 e.